The van der Waals surface area contributed by atoms with Gasteiger partial charge in [-0.1, -0.05) is 34.1 Å². The van der Waals surface area contributed by atoms with Gasteiger partial charge >= 0.3 is 0 Å². The largest absolute Gasteiger partial charge is 0.314 e. The molecule has 1 N–H and O–H groups in total. The highest BCUT2D eigenvalue weighted by Gasteiger charge is 2.28. The maximum atomic E-state index is 3.62. The molecule has 0 radical (unpaired) electrons. The molecular weight excluding hydrogens is 208 g/mol. The van der Waals surface area contributed by atoms with E-state index in [2.05, 4.69) is 45.0 Å². The van der Waals surface area contributed by atoms with Crippen LogP contribution in [0.5, 0.6) is 0 Å². The number of nitrogens with one attached hydrogen (secondary N) is 1. The summed E-state index contributed by atoms with van der Waals surface area (Å²) in [4.78, 5) is 2.55. The molecule has 2 heteroatoms. The molecule has 1 saturated carbocycles. The van der Waals surface area contributed by atoms with E-state index in [4.69, 9.17) is 0 Å². The number of hydrogen-bond donors (Lipinski definition) is 1. The van der Waals surface area contributed by atoms with Gasteiger partial charge in [0.15, 0.2) is 0 Å². The van der Waals surface area contributed by atoms with E-state index in [1.54, 1.807) is 0 Å². The molecule has 0 aliphatic heterocycles. The predicted molar refractivity (Wildman–Crippen MR) is 76.4 cm³/mol. The van der Waals surface area contributed by atoms with E-state index in [1.165, 1.54) is 38.8 Å². The van der Waals surface area contributed by atoms with Gasteiger partial charge in [0.2, 0.25) is 0 Å². The molecule has 1 atom stereocenters. The third-order valence-electron chi connectivity index (χ3n) is 3.71. The summed E-state index contributed by atoms with van der Waals surface area (Å²) in [6.45, 7) is 12.9. The minimum Gasteiger partial charge on any atom is -0.314 e. The molecule has 0 amide bonds. The Hall–Kier alpha value is -0.0800. The second-order valence-corrected chi connectivity index (χ2v) is 6.74. The zero-order valence-corrected chi connectivity index (χ0v) is 12.6. The number of nitrogens with zero attached hydrogens (tertiary/aromatic N) is 1. The minimum absolute atomic E-state index is 0.433. The molecule has 102 valence electrons. The number of rotatable bonds is 9. The fourth-order valence-corrected chi connectivity index (χ4v) is 2.73. The van der Waals surface area contributed by atoms with Gasteiger partial charge in [-0.3, -0.25) is 0 Å². The third kappa shape index (κ3) is 6.42. The van der Waals surface area contributed by atoms with Gasteiger partial charge in [0, 0.05) is 25.7 Å². The smallest absolute Gasteiger partial charge is 0.00445 e. The van der Waals surface area contributed by atoms with Crippen LogP contribution in [0.25, 0.3) is 0 Å². The second-order valence-electron chi connectivity index (χ2n) is 6.74. The lowest BCUT2D eigenvalue weighted by Gasteiger charge is -2.35. The van der Waals surface area contributed by atoms with Crippen LogP contribution in [0.1, 0.15) is 53.4 Å². The Morgan fingerprint density at radius 1 is 1.35 bits per heavy atom. The summed E-state index contributed by atoms with van der Waals surface area (Å²) >= 11 is 0. The van der Waals surface area contributed by atoms with Gasteiger partial charge in [-0.2, -0.15) is 0 Å². The third-order valence-corrected chi connectivity index (χ3v) is 3.71. The molecule has 1 unspecified atom stereocenters. The van der Waals surface area contributed by atoms with Gasteiger partial charge in [-0.25, -0.2) is 0 Å². The summed E-state index contributed by atoms with van der Waals surface area (Å²) in [7, 11) is 2.29. The van der Waals surface area contributed by atoms with Crippen LogP contribution in [0.3, 0.4) is 0 Å². The maximum Gasteiger partial charge on any atom is 0.00445 e. The highest BCUT2D eigenvalue weighted by atomic mass is 15.1. The van der Waals surface area contributed by atoms with Crippen molar-refractivity contribution in [3.63, 3.8) is 0 Å². The summed E-state index contributed by atoms with van der Waals surface area (Å²) in [5.74, 6) is 1.00. The van der Waals surface area contributed by atoms with E-state index in [9.17, 15) is 0 Å². The fourth-order valence-electron chi connectivity index (χ4n) is 2.73. The normalized spacial score (nSPS) is 19.9. The highest BCUT2D eigenvalue weighted by Crippen LogP contribution is 2.31. The summed E-state index contributed by atoms with van der Waals surface area (Å²) in [5, 5.41) is 3.62. The highest BCUT2D eigenvalue weighted by molar-refractivity contribution is 4.83. The van der Waals surface area contributed by atoms with Crippen LogP contribution in [-0.4, -0.2) is 37.6 Å². The van der Waals surface area contributed by atoms with Crippen LogP contribution in [0.2, 0.25) is 0 Å². The first-order valence-electron chi connectivity index (χ1n) is 7.37. The van der Waals surface area contributed by atoms with E-state index in [1.807, 2.05) is 0 Å². The van der Waals surface area contributed by atoms with Crippen molar-refractivity contribution in [3.8, 4) is 0 Å². The van der Waals surface area contributed by atoms with Crippen LogP contribution in [0.4, 0.5) is 0 Å². The molecule has 0 spiro atoms. The second kappa shape index (κ2) is 6.75. The van der Waals surface area contributed by atoms with Crippen molar-refractivity contribution in [2.24, 2.45) is 11.3 Å². The first kappa shape index (κ1) is 15.0. The molecule has 0 saturated heterocycles. The molecule has 0 heterocycles. The molecule has 0 aromatic rings. The van der Waals surface area contributed by atoms with Crippen molar-refractivity contribution in [3.05, 3.63) is 0 Å². The van der Waals surface area contributed by atoms with Crippen LogP contribution in [0.15, 0.2) is 0 Å². The van der Waals surface area contributed by atoms with Gasteiger partial charge in [0.1, 0.15) is 0 Å². The van der Waals surface area contributed by atoms with Crippen LogP contribution < -0.4 is 5.32 Å². The fraction of sp³-hybridized carbons (Fsp3) is 1.00. The Kier molecular flexibility index (Phi) is 5.94. The molecule has 1 rings (SSSR count). The molecule has 1 aliphatic carbocycles. The van der Waals surface area contributed by atoms with E-state index in [0.29, 0.717) is 11.5 Å². The van der Waals surface area contributed by atoms with E-state index in [-0.39, 0.29) is 0 Å². The molecular formula is C15H32N2. The van der Waals surface area contributed by atoms with Crippen molar-refractivity contribution in [1.82, 2.24) is 10.2 Å². The average Bonchev–Trinajstić information content (AvgIpc) is 2.99. The van der Waals surface area contributed by atoms with Crippen LogP contribution in [0, 0.1) is 11.3 Å². The molecule has 17 heavy (non-hydrogen) atoms. The summed E-state index contributed by atoms with van der Waals surface area (Å²) < 4.78 is 0. The zero-order chi connectivity index (χ0) is 12.9. The Morgan fingerprint density at radius 3 is 2.47 bits per heavy atom. The lowest BCUT2D eigenvalue weighted by atomic mass is 9.84. The number of hydrogen-bond acceptors (Lipinski definition) is 2. The van der Waals surface area contributed by atoms with E-state index >= 15 is 0 Å². The van der Waals surface area contributed by atoms with Gasteiger partial charge in [-0.15, -0.1) is 0 Å². The van der Waals surface area contributed by atoms with E-state index in [0.717, 1.165) is 12.5 Å². The minimum atomic E-state index is 0.433. The Morgan fingerprint density at radius 2 is 2.00 bits per heavy atom. The van der Waals surface area contributed by atoms with Crippen LogP contribution in [-0.2, 0) is 0 Å². The molecule has 2 nitrogen and oxygen atoms in total. The van der Waals surface area contributed by atoms with E-state index < -0.39 is 0 Å². The molecule has 0 aromatic heterocycles. The topological polar surface area (TPSA) is 15.3 Å². The average molecular weight is 240 g/mol. The summed E-state index contributed by atoms with van der Waals surface area (Å²) in [6, 6.07) is 0.597. The van der Waals surface area contributed by atoms with Gasteiger partial charge in [-0.05, 0) is 37.6 Å². The Bertz CT molecular complexity index is 211. The van der Waals surface area contributed by atoms with Gasteiger partial charge in [0.25, 0.3) is 0 Å². The van der Waals surface area contributed by atoms with Crippen molar-refractivity contribution in [2.45, 2.75) is 59.4 Å². The lowest BCUT2D eigenvalue weighted by molar-refractivity contribution is 0.166. The molecule has 0 bridgehead atoms. The zero-order valence-electron chi connectivity index (χ0n) is 12.6. The Balaban J connectivity index is 2.37. The molecule has 1 fully saturated rings. The van der Waals surface area contributed by atoms with Crippen molar-refractivity contribution in [1.29, 1.82) is 0 Å². The molecule has 0 aromatic carbocycles. The molecule has 1 aliphatic rings. The SMILES string of the molecule is CCCC(C)(CNC(C)C)CN(C)CC1CC1. The Labute approximate surface area is 108 Å². The first-order valence-corrected chi connectivity index (χ1v) is 7.37. The maximum absolute atomic E-state index is 3.62. The van der Waals surface area contributed by atoms with Crippen LogP contribution >= 0.6 is 0 Å². The monoisotopic (exact) mass is 240 g/mol. The lowest BCUT2D eigenvalue weighted by Crippen LogP contribution is -2.43. The standard InChI is InChI=1S/C15H32N2/c1-6-9-15(4,11-16-13(2)3)12-17(5)10-14-7-8-14/h13-14,16H,6-12H2,1-5H3. The van der Waals surface area contributed by atoms with Gasteiger partial charge in [0.05, 0.1) is 0 Å². The summed E-state index contributed by atoms with van der Waals surface area (Å²) in [5.41, 5.74) is 0.433. The summed E-state index contributed by atoms with van der Waals surface area (Å²) in [6.07, 6.45) is 5.52. The van der Waals surface area contributed by atoms with Crippen molar-refractivity contribution < 1.29 is 0 Å². The predicted octanol–water partition coefficient (Wildman–Crippen LogP) is 3.13. The first-order chi connectivity index (χ1) is 7.95. The van der Waals surface area contributed by atoms with Crippen molar-refractivity contribution >= 4 is 0 Å². The van der Waals surface area contributed by atoms with Gasteiger partial charge < -0.3 is 10.2 Å². The van der Waals surface area contributed by atoms with Crippen molar-refractivity contribution in [2.75, 3.05) is 26.7 Å². The quantitative estimate of drug-likeness (QED) is 0.666.